The maximum atomic E-state index is 4.50. The zero-order valence-corrected chi connectivity index (χ0v) is 18.7. The van der Waals surface area contributed by atoms with Crippen molar-refractivity contribution in [3.05, 3.63) is 12.2 Å². The molecule has 0 N–H and O–H groups in total. The fourth-order valence-corrected chi connectivity index (χ4v) is 8.55. The first kappa shape index (κ1) is 20.0. The summed E-state index contributed by atoms with van der Waals surface area (Å²) in [6.45, 7) is 12.1. The van der Waals surface area contributed by atoms with Crippen LogP contribution in [0.4, 0.5) is 0 Å². The fraction of sp³-hybridized carbons (Fsp3) is 0.926. The lowest BCUT2D eigenvalue weighted by Crippen LogP contribution is -2.52. The van der Waals surface area contributed by atoms with Crippen molar-refractivity contribution in [1.29, 1.82) is 0 Å². The van der Waals surface area contributed by atoms with E-state index in [-0.39, 0.29) is 0 Å². The van der Waals surface area contributed by atoms with Gasteiger partial charge in [-0.15, -0.1) is 0 Å². The highest BCUT2D eigenvalue weighted by Gasteiger charge is 2.58. The van der Waals surface area contributed by atoms with Crippen LogP contribution in [0.1, 0.15) is 117 Å². The van der Waals surface area contributed by atoms with Crippen LogP contribution in [0.2, 0.25) is 0 Å². The first-order chi connectivity index (χ1) is 13.0. The van der Waals surface area contributed by atoms with Gasteiger partial charge in [0.05, 0.1) is 0 Å². The molecule has 0 heteroatoms. The van der Waals surface area contributed by atoms with E-state index in [0.717, 1.165) is 29.6 Å². The molecule has 0 nitrogen and oxygen atoms in total. The topological polar surface area (TPSA) is 0 Å². The molecule has 0 spiro atoms. The molecule has 0 heterocycles. The van der Waals surface area contributed by atoms with Crippen molar-refractivity contribution in [3.63, 3.8) is 0 Å². The van der Waals surface area contributed by atoms with Crippen molar-refractivity contribution in [1.82, 2.24) is 0 Å². The molecule has 4 fully saturated rings. The Morgan fingerprint density at radius 2 is 1.70 bits per heavy atom. The van der Waals surface area contributed by atoms with E-state index in [2.05, 4.69) is 27.4 Å². The maximum absolute atomic E-state index is 4.50. The monoisotopic (exact) mass is 370 g/mol. The third kappa shape index (κ3) is 3.46. The Kier molecular flexibility index (Phi) is 5.84. The Morgan fingerprint density at radius 1 is 0.889 bits per heavy atom. The van der Waals surface area contributed by atoms with E-state index in [4.69, 9.17) is 0 Å². The first-order valence-electron chi connectivity index (χ1n) is 12.7. The van der Waals surface area contributed by atoms with Gasteiger partial charge in [-0.3, -0.25) is 0 Å². The number of unbranched alkanes of at least 4 members (excludes halogenated alkanes) is 4. The van der Waals surface area contributed by atoms with Gasteiger partial charge in [-0.05, 0) is 98.2 Å². The van der Waals surface area contributed by atoms with Crippen molar-refractivity contribution in [3.8, 4) is 0 Å². The van der Waals surface area contributed by atoms with E-state index in [1.54, 1.807) is 37.7 Å². The van der Waals surface area contributed by atoms with E-state index >= 15 is 0 Å². The molecule has 154 valence electrons. The van der Waals surface area contributed by atoms with Crippen LogP contribution in [0.25, 0.3) is 0 Å². The third-order valence-corrected chi connectivity index (χ3v) is 10.4. The summed E-state index contributed by atoms with van der Waals surface area (Å²) in [5.41, 5.74) is 2.78. The summed E-state index contributed by atoms with van der Waals surface area (Å²) in [6.07, 6.45) is 22.3. The van der Waals surface area contributed by atoms with Gasteiger partial charge in [0.2, 0.25) is 0 Å². The van der Waals surface area contributed by atoms with Gasteiger partial charge in [0, 0.05) is 0 Å². The molecule has 4 aliphatic carbocycles. The molecule has 0 radical (unpaired) electrons. The highest BCUT2D eigenvalue weighted by Crippen LogP contribution is 2.67. The second-order valence-electron chi connectivity index (χ2n) is 11.6. The summed E-state index contributed by atoms with van der Waals surface area (Å²) >= 11 is 0. The zero-order valence-electron chi connectivity index (χ0n) is 18.7. The minimum Gasteiger partial charge on any atom is -0.0993 e. The molecule has 7 unspecified atom stereocenters. The smallest absolute Gasteiger partial charge is 0.00879 e. The summed E-state index contributed by atoms with van der Waals surface area (Å²) in [6, 6.07) is 0. The van der Waals surface area contributed by atoms with Crippen molar-refractivity contribution in [2.24, 2.45) is 40.4 Å². The maximum Gasteiger partial charge on any atom is -0.00879 e. The molecule has 0 aromatic carbocycles. The molecule has 0 aromatic heterocycles. The molecule has 0 aromatic rings. The van der Waals surface area contributed by atoms with Gasteiger partial charge in [0.15, 0.2) is 0 Å². The summed E-state index contributed by atoms with van der Waals surface area (Å²) in [5.74, 6) is 5.13. The average Bonchev–Trinajstić information content (AvgIpc) is 2.97. The second-order valence-corrected chi connectivity index (χ2v) is 11.6. The molecule has 4 rings (SSSR count). The largest absolute Gasteiger partial charge is 0.0993 e. The number of allylic oxidation sites excluding steroid dienone is 1. The van der Waals surface area contributed by atoms with Crippen LogP contribution >= 0.6 is 0 Å². The van der Waals surface area contributed by atoms with Crippen LogP contribution in [-0.4, -0.2) is 0 Å². The molecule has 0 bridgehead atoms. The summed E-state index contributed by atoms with van der Waals surface area (Å²) < 4.78 is 0. The lowest BCUT2D eigenvalue weighted by atomic mass is 9.44. The molecule has 4 saturated carbocycles. The summed E-state index contributed by atoms with van der Waals surface area (Å²) in [7, 11) is 0. The van der Waals surface area contributed by atoms with Gasteiger partial charge in [-0.2, -0.15) is 0 Å². The zero-order chi connectivity index (χ0) is 19.1. The van der Waals surface area contributed by atoms with Crippen molar-refractivity contribution >= 4 is 0 Å². The Balaban J connectivity index is 1.37. The van der Waals surface area contributed by atoms with Crippen molar-refractivity contribution in [2.45, 2.75) is 117 Å². The van der Waals surface area contributed by atoms with Crippen LogP contribution in [-0.2, 0) is 0 Å². The average molecular weight is 371 g/mol. The van der Waals surface area contributed by atoms with E-state index in [0.29, 0.717) is 10.8 Å². The minimum atomic E-state index is 0.500. The summed E-state index contributed by atoms with van der Waals surface area (Å²) in [5, 5.41) is 0. The minimum absolute atomic E-state index is 0.500. The van der Waals surface area contributed by atoms with Gasteiger partial charge in [0.25, 0.3) is 0 Å². The molecular formula is C27H46. The predicted molar refractivity (Wildman–Crippen MR) is 118 cm³/mol. The van der Waals surface area contributed by atoms with E-state index in [9.17, 15) is 0 Å². The Labute approximate surface area is 170 Å². The van der Waals surface area contributed by atoms with E-state index in [1.807, 2.05) is 0 Å². The number of fused-ring (bicyclic) bond motifs is 5. The first-order valence-corrected chi connectivity index (χ1v) is 12.7. The summed E-state index contributed by atoms with van der Waals surface area (Å²) in [4.78, 5) is 0. The number of hydrogen-bond acceptors (Lipinski definition) is 0. The second kappa shape index (κ2) is 7.87. The van der Waals surface area contributed by atoms with Crippen molar-refractivity contribution < 1.29 is 0 Å². The van der Waals surface area contributed by atoms with Gasteiger partial charge in [-0.25, -0.2) is 0 Å². The van der Waals surface area contributed by atoms with Gasteiger partial charge < -0.3 is 0 Å². The Hall–Kier alpha value is -0.260. The number of hydrogen-bond donors (Lipinski definition) is 0. The van der Waals surface area contributed by atoms with Gasteiger partial charge in [0.1, 0.15) is 0 Å². The van der Waals surface area contributed by atoms with Gasteiger partial charge in [-0.1, -0.05) is 71.4 Å². The Morgan fingerprint density at radius 3 is 2.52 bits per heavy atom. The quantitative estimate of drug-likeness (QED) is 0.324. The molecule has 0 aliphatic heterocycles. The lowest BCUT2D eigenvalue weighted by molar-refractivity contribution is -0.106. The molecule has 4 aliphatic rings. The highest BCUT2D eigenvalue weighted by atomic mass is 14.6. The lowest BCUT2D eigenvalue weighted by Gasteiger charge is -2.61. The molecule has 7 atom stereocenters. The van der Waals surface area contributed by atoms with Crippen LogP contribution in [0, 0.1) is 40.4 Å². The number of rotatable bonds is 6. The van der Waals surface area contributed by atoms with Crippen LogP contribution in [0.3, 0.4) is 0 Å². The predicted octanol–water partition coefficient (Wildman–Crippen LogP) is 8.56. The third-order valence-electron chi connectivity index (χ3n) is 10.4. The van der Waals surface area contributed by atoms with Crippen molar-refractivity contribution in [2.75, 3.05) is 0 Å². The molecule has 0 amide bonds. The fourth-order valence-electron chi connectivity index (χ4n) is 8.55. The van der Waals surface area contributed by atoms with Crippen LogP contribution < -0.4 is 0 Å². The Bertz CT molecular complexity index is 532. The SMILES string of the molecule is C=C1CCC2C3CCC4CC(CCCCCCC)CCC4(C)C3CCC12C. The molecule has 0 saturated heterocycles. The van der Waals surface area contributed by atoms with E-state index in [1.165, 1.54) is 64.2 Å². The molecular weight excluding hydrogens is 324 g/mol. The van der Waals surface area contributed by atoms with Gasteiger partial charge >= 0.3 is 0 Å². The van der Waals surface area contributed by atoms with E-state index < -0.39 is 0 Å². The van der Waals surface area contributed by atoms with Crippen LogP contribution in [0.5, 0.6) is 0 Å². The normalized spacial score (nSPS) is 46.6. The standard InChI is InChI=1S/C27H46/c1-5-6-7-8-9-10-21-15-17-27(4)22(19-21)12-13-23-24-14-11-20(2)26(24,3)18-16-25(23)27/h21-25H,2,5-19H2,1,3-4H3. The highest BCUT2D eigenvalue weighted by molar-refractivity contribution is 5.21. The van der Waals surface area contributed by atoms with Crippen LogP contribution in [0.15, 0.2) is 12.2 Å². The molecule has 27 heavy (non-hydrogen) atoms.